The molecule has 128 valence electrons. The molecule has 1 aromatic carbocycles. The number of hydrogen-bond acceptors (Lipinski definition) is 4. The number of carbonyl (C=O) groups excluding carboxylic acids is 1. The van der Waals surface area contributed by atoms with Gasteiger partial charge in [-0.15, -0.1) is 11.3 Å². The number of rotatable bonds is 3. The summed E-state index contributed by atoms with van der Waals surface area (Å²) in [5, 5.41) is 2.89. The molecule has 0 unspecified atom stereocenters. The highest BCUT2D eigenvalue weighted by Crippen LogP contribution is 2.32. The van der Waals surface area contributed by atoms with E-state index in [0.717, 1.165) is 37.4 Å². The number of amides is 1. The molecule has 0 saturated carbocycles. The standard InChI is InChI=1S/C17H19Cl2N3OS/c1-11-9-12(20-17(23)13-10-15(18)24-16(13)19)3-4-14(11)22-7-5-21(2)6-8-22/h3-4,9-10H,5-8H2,1-2H3,(H,20,23). The molecule has 1 amide bonds. The molecule has 0 spiro atoms. The average Bonchev–Trinajstić information content (AvgIpc) is 2.87. The van der Waals surface area contributed by atoms with E-state index in [1.165, 1.54) is 17.0 Å². The fourth-order valence-electron chi connectivity index (χ4n) is 2.83. The van der Waals surface area contributed by atoms with Gasteiger partial charge in [0.25, 0.3) is 5.91 Å². The molecule has 1 aliphatic heterocycles. The van der Waals surface area contributed by atoms with Crippen molar-refractivity contribution in [3.63, 3.8) is 0 Å². The van der Waals surface area contributed by atoms with Crippen molar-refractivity contribution < 1.29 is 4.79 Å². The number of carbonyl (C=O) groups is 1. The van der Waals surface area contributed by atoms with Crippen molar-refractivity contribution in [2.75, 3.05) is 43.4 Å². The van der Waals surface area contributed by atoms with Crippen LogP contribution in [0.2, 0.25) is 8.67 Å². The van der Waals surface area contributed by atoms with Crippen molar-refractivity contribution in [1.29, 1.82) is 0 Å². The van der Waals surface area contributed by atoms with Crippen LogP contribution < -0.4 is 10.2 Å². The van der Waals surface area contributed by atoms with E-state index in [1.807, 2.05) is 12.1 Å². The van der Waals surface area contributed by atoms with Crippen molar-refractivity contribution in [3.05, 3.63) is 44.1 Å². The highest BCUT2D eigenvalue weighted by molar-refractivity contribution is 7.20. The number of hydrogen-bond donors (Lipinski definition) is 1. The van der Waals surface area contributed by atoms with E-state index >= 15 is 0 Å². The summed E-state index contributed by atoms with van der Waals surface area (Å²) in [4.78, 5) is 17.0. The first-order valence-electron chi connectivity index (χ1n) is 7.74. The highest BCUT2D eigenvalue weighted by atomic mass is 35.5. The Hall–Kier alpha value is -1.27. The minimum atomic E-state index is -0.241. The molecule has 2 heterocycles. The summed E-state index contributed by atoms with van der Waals surface area (Å²) in [6.07, 6.45) is 0. The van der Waals surface area contributed by atoms with Gasteiger partial charge in [0.2, 0.25) is 0 Å². The third-order valence-electron chi connectivity index (χ3n) is 4.20. The number of halogens is 2. The highest BCUT2D eigenvalue weighted by Gasteiger charge is 2.17. The van der Waals surface area contributed by atoms with Crippen LogP contribution in [-0.4, -0.2) is 44.0 Å². The Morgan fingerprint density at radius 3 is 2.46 bits per heavy atom. The number of anilines is 2. The maximum atomic E-state index is 12.3. The Morgan fingerprint density at radius 2 is 1.88 bits per heavy atom. The number of benzene rings is 1. The quantitative estimate of drug-likeness (QED) is 0.854. The van der Waals surface area contributed by atoms with Gasteiger partial charge in [0.15, 0.2) is 0 Å². The van der Waals surface area contributed by atoms with E-state index in [4.69, 9.17) is 23.2 Å². The second-order valence-electron chi connectivity index (χ2n) is 5.98. The van der Waals surface area contributed by atoms with E-state index in [1.54, 1.807) is 6.07 Å². The predicted molar refractivity (Wildman–Crippen MR) is 103 cm³/mol. The molecular weight excluding hydrogens is 365 g/mol. The molecule has 1 N–H and O–H groups in total. The summed E-state index contributed by atoms with van der Waals surface area (Å²) >= 11 is 13.1. The van der Waals surface area contributed by atoms with Gasteiger partial charge in [-0.05, 0) is 43.8 Å². The summed E-state index contributed by atoms with van der Waals surface area (Å²) in [6.45, 7) is 6.24. The number of nitrogens with zero attached hydrogens (tertiary/aromatic N) is 2. The van der Waals surface area contributed by atoms with Gasteiger partial charge < -0.3 is 15.1 Å². The van der Waals surface area contributed by atoms with Crippen LogP contribution in [0.3, 0.4) is 0 Å². The maximum Gasteiger partial charge on any atom is 0.258 e. The molecule has 1 aromatic heterocycles. The van der Waals surface area contributed by atoms with Crippen LogP contribution in [0.1, 0.15) is 15.9 Å². The fourth-order valence-corrected chi connectivity index (χ4v) is 4.29. The molecule has 3 rings (SSSR count). The van der Waals surface area contributed by atoms with E-state index in [-0.39, 0.29) is 5.91 Å². The molecule has 0 aliphatic carbocycles. The third-order valence-corrected chi connectivity index (χ3v) is 5.69. The maximum absolute atomic E-state index is 12.3. The Morgan fingerprint density at radius 1 is 1.17 bits per heavy atom. The largest absolute Gasteiger partial charge is 0.369 e. The summed E-state index contributed by atoms with van der Waals surface area (Å²) in [7, 11) is 2.14. The van der Waals surface area contributed by atoms with Gasteiger partial charge in [0.05, 0.1) is 9.90 Å². The smallest absolute Gasteiger partial charge is 0.258 e. The second-order valence-corrected chi connectivity index (χ2v) is 8.27. The Kier molecular flexibility index (Phi) is 5.35. The lowest BCUT2D eigenvalue weighted by Crippen LogP contribution is -2.44. The van der Waals surface area contributed by atoms with Crippen LogP contribution in [0.25, 0.3) is 0 Å². The van der Waals surface area contributed by atoms with Crippen molar-refractivity contribution in [2.24, 2.45) is 0 Å². The van der Waals surface area contributed by atoms with Gasteiger partial charge in [-0.3, -0.25) is 4.79 Å². The summed E-state index contributed by atoms with van der Waals surface area (Å²) in [5.74, 6) is -0.241. The van der Waals surface area contributed by atoms with Crippen molar-refractivity contribution in [3.8, 4) is 0 Å². The number of likely N-dealkylation sites (N-methyl/N-ethyl adjacent to an activating group) is 1. The summed E-state index contributed by atoms with van der Waals surface area (Å²) in [5.41, 5.74) is 3.53. The summed E-state index contributed by atoms with van der Waals surface area (Å²) < 4.78 is 0.912. The SMILES string of the molecule is Cc1cc(NC(=O)c2cc(Cl)sc2Cl)ccc1N1CCN(C)CC1. The molecule has 1 fully saturated rings. The Bertz CT molecular complexity index is 754. The van der Waals surface area contributed by atoms with E-state index in [0.29, 0.717) is 14.2 Å². The first-order chi connectivity index (χ1) is 11.4. The van der Waals surface area contributed by atoms with Gasteiger partial charge in [0.1, 0.15) is 4.34 Å². The molecule has 7 heteroatoms. The lowest BCUT2D eigenvalue weighted by molar-refractivity contribution is 0.102. The van der Waals surface area contributed by atoms with Crippen LogP contribution in [0.4, 0.5) is 11.4 Å². The lowest BCUT2D eigenvalue weighted by Gasteiger charge is -2.35. The van der Waals surface area contributed by atoms with Crippen LogP contribution >= 0.6 is 34.5 Å². The van der Waals surface area contributed by atoms with Gasteiger partial charge in [-0.25, -0.2) is 0 Å². The van der Waals surface area contributed by atoms with E-state index < -0.39 is 0 Å². The van der Waals surface area contributed by atoms with Crippen LogP contribution in [0.5, 0.6) is 0 Å². The van der Waals surface area contributed by atoms with Gasteiger partial charge >= 0.3 is 0 Å². The number of nitrogens with one attached hydrogen (secondary N) is 1. The zero-order chi connectivity index (χ0) is 17.3. The van der Waals surface area contributed by atoms with Gasteiger partial charge in [0, 0.05) is 37.6 Å². The number of thiophene rings is 1. The minimum absolute atomic E-state index is 0.241. The average molecular weight is 384 g/mol. The van der Waals surface area contributed by atoms with Crippen molar-refractivity contribution >= 4 is 51.8 Å². The molecular formula is C17H19Cl2N3OS. The zero-order valence-corrected chi connectivity index (χ0v) is 15.9. The monoisotopic (exact) mass is 383 g/mol. The molecule has 0 radical (unpaired) electrons. The normalized spacial score (nSPS) is 15.6. The molecule has 0 atom stereocenters. The van der Waals surface area contributed by atoms with Gasteiger partial charge in [-0.1, -0.05) is 23.2 Å². The van der Waals surface area contributed by atoms with E-state index in [9.17, 15) is 4.79 Å². The van der Waals surface area contributed by atoms with Gasteiger partial charge in [-0.2, -0.15) is 0 Å². The molecule has 2 aromatic rings. The first kappa shape index (κ1) is 17.5. The molecule has 24 heavy (non-hydrogen) atoms. The summed E-state index contributed by atoms with van der Waals surface area (Å²) in [6, 6.07) is 7.59. The van der Waals surface area contributed by atoms with Crippen LogP contribution in [0, 0.1) is 6.92 Å². The van der Waals surface area contributed by atoms with Crippen LogP contribution in [-0.2, 0) is 0 Å². The van der Waals surface area contributed by atoms with Crippen molar-refractivity contribution in [1.82, 2.24) is 4.90 Å². The fraction of sp³-hybridized carbons (Fsp3) is 0.353. The topological polar surface area (TPSA) is 35.6 Å². The number of aryl methyl sites for hydroxylation is 1. The molecule has 1 saturated heterocycles. The third kappa shape index (κ3) is 3.86. The zero-order valence-electron chi connectivity index (χ0n) is 13.6. The first-order valence-corrected chi connectivity index (χ1v) is 9.31. The molecule has 4 nitrogen and oxygen atoms in total. The molecule has 0 bridgehead atoms. The molecule has 1 aliphatic rings. The lowest BCUT2D eigenvalue weighted by atomic mass is 10.1. The predicted octanol–water partition coefficient (Wildman–Crippen LogP) is 4.37. The number of piperazine rings is 1. The van der Waals surface area contributed by atoms with Crippen LogP contribution in [0.15, 0.2) is 24.3 Å². The Labute approximate surface area is 156 Å². The minimum Gasteiger partial charge on any atom is -0.369 e. The Balaban J connectivity index is 1.73. The van der Waals surface area contributed by atoms with E-state index in [2.05, 4.69) is 35.2 Å². The van der Waals surface area contributed by atoms with Crippen molar-refractivity contribution in [2.45, 2.75) is 6.92 Å². The second kappa shape index (κ2) is 7.31.